The van der Waals surface area contributed by atoms with Crippen molar-refractivity contribution in [1.82, 2.24) is 15.2 Å². The van der Waals surface area contributed by atoms with E-state index in [4.69, 9.17) is 28.6 Å². The van der Waals surface area contributed by atoms with Crippen molar-refractivity contribution in [1.29, 1.82) is 0 Å². The fourth-order valence-electron chi connectivity index (χ4n) is 2.82. The van der Waals surface area contributed by atoms with E-state index >= 15 is 0 Å². The van der Waals surface area contributed by atoms with E-state index in [0.717, 1.165) is 32.0 Å². The highest BCUT2D eigenvalue weighted by Crippen LogP contribution is 2.20. The molecule has 2 aromatic rings. The molecule has 1 aliphatic rings. The van der Waals surface area contributed by atoms with Gasteiger partial charge in [0.25, 0.3) is 0 Å². The molecule has 1 saturated heterocycles. The van der Waals surface area contributed by atoms with Crippen molar-refractivity contribution in [3.63, 3.8) is 0 Å². The molecule has 2 heterocycles. The van der Waals surface area contributed by atoms with Crippen LogP contribution in [0, 0.1) is 0 Å². The fraction of sp³-hybridized carbons (Fsp3) is 0.333. The zero-order valence-electron chi connectivity index (χ0n) is 13.8. The van der Waals surface area contributed by atoms with E-state index in [9.17, 15) is 0 Å². The Bertz CT molecular complexity index is 677. The van der Waals surface area contributed by atoms with Crippen LogP contribution >= 0.6 is 23.8 Å². The monoisotopic (exact) mass is 376 g/mol. The Kier molecular flexibility index (Phi) is 6.58. The predicted octanol–water partition coefficient (Wildman–Crippen LogP) is 3.09. The Hall–Kier alpha value is -1.73. The maximum Gasteiger partial charge on any atom is 0.170 e. The number of benzene rings is 1. The molecule has 0 radical (unpaired) electrons. The van der Waals surface area contributed by atoms with E-state index in [1.54, 1.807) is 6.20 Å². The van der Waals surface area contributed by atoms with Crippen LogP contribution in [0.3, 0.4) is 0 Å². The van der Waals surface area contributed by atoms with Crippen LogP contribution in [0.5, 0.6) is 0 Å². The van der Waals surface area contributed by atoms with Crippen LogP contribution in [0.1, 0.15) is 11.6 Å². The summed E-state index contributed by atoms with van der Waals surface area (Å²) >= 11 is 11.3. The Morgan fingerprint density at radius 3 is 2.68 bits per heavy atom. The number of morpholine rings is 1. The smallest absolute Gasteiger partial charge is 0.170 e. The van der Waals surface area contributed by atoms with Crippen LogP contribution < -0.4 is 10.6 Å². The maximum atomic E-state index is 5.91. The predicted molar refractivity (Wildman–Crippen MR) is 105 cm³/mol. The third kappa shape index (κ3) is 5.37. The SMILES string of the molecule is S=C(NC[C@H](c1cccnc1)N1CCOCC1)Nc1ccc(Cl)cc1. The summed E-state index contributed by atoms with van der Waals surface area (Å²) in [6.45, 7) is 4.01. The molecule has 1 atom stereocenters. The average Bonchev–Trinajstić information content (AvgIpc) is 2.66. The molecule has 1 aromatic carbocycles. The summed E-state index contributed by atoms with van der Waals surface area (Å²) < 4.78 is 5.47. The Balaban J connectivity index is 1.61. The van der Waals surface area contributed by atoms with Crippen LogP contribution in [0.2, 0.25) is 5.02 Å². The number of hydrogen-bond donors (Lipinski definition) is 2. The molecule has 1 aliphatic heterocycles. The summed E-state index contributed by atoms with van der Waals surface area (Å²) in [5.41, 5.74) is 2.08. The van der Waals surface area contributed by atoms with Crippen molar-refractivity contribution in [2.45, 2.75) is 6.04 Å². The van der Waals surface area contributed by atoms with Crippen LogP contribution in [-0.2, 0) is 4.74 Å². The van der Waals surface area contributed by atoms with Crippen molar-refractivity contribution in [2.75, 3.05) is 38.2 Å². The molecule has 0 bridgehead atoms. The van der Waals surface area contributed by atoms with Crippen molar-refractivity contribution < 1.29 is 4.74 Å². The lowest BCUT2D eigenvalue weighted by molar-refractivity contribution is 0.0170. The van der Waals surface area contributed by atoms with E-state index in [-0.39, 0.29) is 6.04 Å². The van der Waals surface area contributed by atoms with Crippen molar-refractivity contribution in [3.05, 3.63) is 59.4 Å². The first-order chi connectivity index (χ1) is 12.2. The zero-order chi connectivity index (χ0) is 17.5. The highest BCUT2D eigenvalue weighted by molar-refractivity contribution is 7.80. The van der Waals surface area contributed by atoms with E-state index < -0.39 is 0 Å². The number of thiocarbonyl (C=S) groups is 1. The van der Waals surface area contributed by atoms with Crippen molar-refractivity contribution >= 4 is 34.6 Å². The lowest BCUT2D eigenvalue weighted by atomic mass is 10.1. The van der Waals surface area contributed by atoms with Gasteiger partial charge in [-0.05, 0) is 48.1 Å². The summed E-state index contributed by atoms with van der Waals surface area (Å²) in [5.74, 6) is 0. The molecule has 2 N–H and O–H groups in total. The first-order valence-corrected chi connectivity index (χ1v) is 9.03. The van der Waals surface area contributed by atoms with Gasteiger partial charge in [-0.1, -0.05) is 17.7 Å². The summed E-state index contributed by atoms with van der Waals surface area (Å²) in [4.78, 5) is 6.66. The van der Waals surface area contributed by atoms with E-state index in [0.29, 0.717) is 16.7 Å². The Morgan fingerprint density at radius 1 is 1.24 bits per heavy atom. The molecule has 5 nitrogen and oxygen atoms in total. The topological polar surface area (TPSA) is 49.4 Å². The summed E-state index contributed by atoms with van der Waals surface area (Å²) in [5, 5.41) is 7.79. The van der Waals surface area contributed by atoms with Gasteiger partial charge in [-0.3, -0.25) is 9.88 Å². The van der Waals surface area contributed by atoms with E-state index in [1.807, 2.05) is 36.5 Å². The molecular weight excluding hydrogens is 356 g/mol. The molecule has 7 heteroatoms. The highest BCUT2D eigenvalue weighted by atomic mass is 35.5. The van der Waals surface area contributed by atoms with Gasteiger partial charge in [-0.25, -0.2) is 0 Å². The summed E-state index contributed by atoms with van der Waals surface area (Å²) in [7, 11) is 0. The first-order valence-electron chi connectivity index (χ1n) is 8.24. The summed E-state index contributed by atoms with van der Waals surface area (Å²) in [6, 6.07) is 11.7. The molecule has 0 aliphatic carbocycles. The molecule has 3 rings (SSSR count). The second-order valence-corrected chi connectivity index (χ2v) is 6.64. The fourth-order valence-corrected chi connectivity index (χ4v) is 3.15. The number of hydrogen-bond acceptors (Lipinski definition) is 4. The second-order valence-electron chi connectivity index (χ2n) is 5.79. The van der Waals surface area contributed by atoms with Crippen molar-refractivity contribution in [2.24, 2.45) is 0 Å². The molecule has 1 fully saturated rings. The largest absolute Gasteiger partial charge is 0.379 e. The maximum absolute atomic E-state index is 5.91. The third-order valence-electron chi connectivity index (χ3n) is 4.11. The quantitative estimate of drug-likeness (QED) is 0.782. The first kappa shape index (κ1) is 18.1. The zero-order valence-corrected chi connectivity index (χ0v) is 15.4. The molecule has 25 heavy (non-hydrogen) atoms. The second kappa shape index (κ2) is 9.10. The van der Waals surface area contributed by atoms with E-state index in [2.05, 4.69) is 26.6 Å². The Morgan fingerprint density at radius 2 is 2.00 bits per heavy atom. The minimum Gasteiger partial charge on any atom is -0.379 e. The number of rotatable bonds is 5. The van der Waals surface area contributed by atoms with Gasteiger partial charge in [0, 0.05) is 42.7 Å². The number of nitrogens with zero attached hydrogens (tertiary/aromatic N) is 2. The molecule has 0 saturated carbocycles. The Labute approximate surface area is 158 Å². The number of pyridine rings is 1. The number of nitrogens with one attached hydrogen (secondary N) is 2. The van der Waals surface area contributed by atoms with Crippen LogP contribution in [-0.4, -0.2) is 47.8 Å². The minimum absolute atomic E-state index is 0.197. The number of anilines is 1. The number of ether oxygens (including phenoxy) is 1. The van der Waals surface area contributed by atoms with Gasteiger partial charge in [-0.2, -0.15) is 0 Å². The molecular formula is C18H21ClN4OS. The molecule has 132 valence electrons. The van der Waals surface area contributed by atoms with Gasteiger partial charge >= 0.3 is 0 Å². The van der Waals surface area contributed by atoms with Gasteiger partial charge in [0.15, 0.2) is 5.11 Å². The van der Waals surface area contributed by atoms with Crippen molar-refractivity contribution in [3.8, 4) is 0 Å². The average molecular weight is 377 g/mol. The summed E-state index contributed by atoms with van der Waals surface area (Å²) in [6.07, 6.45) is 3.71. The third-order valence-corrected chi connectivity index (χ3v) is 4.61. The number of halogens is 1. The molecule has 0 spiro atoms. The highest BCUT2D eigenvalue weighted by Gasteiger charge is 2.22. The van der Waals surface area contributed by atoms with Crippen LogP contribution in [0.15, 0.2) is 48.8 Å². The molecule has 0 unspecified atom stereocenters. The molecule has 0 amide bonds. The number of aromatic nitrogens is 1. The van der Waals surface area contributed by atoms with Crippen LogP contribution in [0.25, 0.3) is 0 Å². The van der Waals surface area contributed by atoms with Gasteiger partial charge in [0.2, 0.25) is 0 Å². The standard InChI is InChI=1S/C18H21ClN4OS/c19-15-3-5-16(6-4-15)22-18(25)21-13-17(14-2-1-7-20-12-14)23-8-10-24-11-9-23/h1-7,12,17H,8-11,13H2,(H2,21,22,25)/t17-/m1/s1. The van der Waals surface area contributed by atoms with E-state index in [1.165, 1.54) is 5.56 Å². The van der Waals surface area contributed by atoms with Crippen LogP contribution in [0.4, 0.5) is 5.69 Å². The van der Waals surface area contributed by atoms with Gasteiger partial charge in [-0.15, -0.1) is 0 Å². The van der Waals surface area contributed by atoms with Gasteiger partial charge < -0.3 is 15.4 Å². The normalized spacial score (nSPS) is 16.2. The lowest BCUT2D eigenvalue weighted by Gasteiger charge is -2.35. The van der Waals surface area contributed by atoms with Gasteiger partial charge in [0.05, 0.1) is 19.3 Å². The minimum atomic E-state index is 0.197. The lowest BCUT2D eigenvalue weighted by Crippen LogP contribution is -2.44. The molecule has 1 aromatic heterocycles. The van der Waals surface area contributed by atoms with Gasteiger partial charge in [0.1, 0.15) is 0 Å².